The van der Waals surface area contributed by atoms with Crippen molar-refractivity contribution in [3.8, 4) is 0 Å². The molecule has 2 aromatic rings. The molecule has 2 heterocycles. The molecule has 0 unspecified atom stereocenters. The van der Waals surface area contributed by atoms with Gasteiger partial charge < -0.3 is 20.1 Å². The Morgan fingerprint density at radius 2 is 2.11 bits per heavy atom. The number of carbonyl (C=O) groups is 2. The van der Waals surface area contributed by atoms with Crippen LogP contribution in [0.5, 0.6) is 0 Å². The lowest BCUT2D eigenvalue weighted by molar-refractivity contribution is -0.131. The lowest BCUT2D eigenvalue weighted by Crippen LogP contribution is -2.63. The maximum Gasteiger partial charge on any atom is 0.257 e. The molecule has 1 aromatic heterocycles. The largest absolute Gasteiger partial charge is 0.388 e. The second-order valence-corrected chi connectivity index (χ2v) is 8.00. The number of nitrogens with zero attached hydrogens (tertiary/aromatic N) is 1. The van der Waals surface area contributed by atoms with Crippen molar-refractivity contribution in [2.75, 3.05) is 20.3 Å². The van der Waals surface area contributed by atoms with Crippen LogP contribution in [-0.4, -0.2) is 53.7 Å². The molecule has 3 atom stereocenters. The molecule has 8 heteroatoms. The Balaban J connectivity index is 2.01. The number of likely N-dealkylation sites (tertiary alicyclic amines) is 1. The van der Waals surface area contributed by atoms with Gasteiger partial charge in [-0.1, -0.05) is 18.2 Å². The van der Waals surface area contributed by atoms with E-state index in [4.69, 9.17) is 4.74 Å². The summed E-state index contributed by atoms with van der Waals surface area (Å²) in [7, 11) is 1.41. The van der Waals surface area contributed by atoms with Crippen LogP contribution in [0.2, 0.25) is 0 Å². The topological polar surface area (TPSA) is 78.9 Å². The maximum absolute atomic E-state index is 14.2. The predicted octanol–water partition coefficient (Wildman–Crippen LogP) is 2.36. The third-order valence-electron chi connectivity index (χ3n) is 4.97. The number of thiophene rings is 1. The first-order chi connectivity index (χ1) is 13.3. The number of benzene rings is 1. The highest BCUT2D eigenvalue weighted by molar-refractivity contribution is 7.10. The van der Waals surface area contributed by atoms with Crippen LogP contribution in [0.25, 0.3) is 0 Å². The summed E-state index contributed by atoms with van der Waals surface area (Å²) in [6, 6.07) is 8.10. The van der Waals surface area contributed by atoms with E-state index >= 15 is 0 Å². The lowest BCUT2D eigenvalue weighted by Gasteiger charge is -2.48. The molecule has 0 bridgehead atoms. The zero-order chi connectivity index (χ0) is 20.3. The molecule has 0 aliphatic carbocycles. The van der Waals surface area contributed by atoms with Gasteiger partial charge in [0.2, 0.25) is 5.91 Å². The van der Waals surface area contributed by atoms with Gasteiger partial charge in [-0.2, -0.15) is 0 Å². The van der Waals surface area contributed by atoms with Crippen molar-refractivity contribution in [1.82, 2.24) is 10.2 Å². The summed E-state index contributed by atoms with van der Waals surface area (Å²) in [5, 5.41) is 15.6. The summed E-state index contributed by atoms with van der Waals surface area (Å²) >= 11 is 1.41. The second kappa shape index (κ2) is 8.38. The first-order valence-corrected chi connectivity index (χ1v) is 9.82. The van der Waals surface area contributed by atoms with E-state index in [2.05, 4.69) is 5.32 Å². The van der Waals surface area contributed by atoms with Gasteiger partial charge in [0.15, 0.2) is 0 Å². The van der Waals surface area contributed by atoms with Gasteiger partial charge in [0, 0.05) is 18.5 Å². The van der Waals surface area contributed by atoms with E-state index in [0.717, 1.165) is 4.88 Å². The van der Waals surface area contributed by atoms with Crippen LogP contribution in [-0.2, 0) is 9.53 Å². The maximum atomic E-state index is 14.2. The number of piperidine rings is 1. The van der Waals surface area contributed by atoms with Crippen molar-refractivity contribution in [2.45, 2.75) is 31.0 Å². The molecule has 3 rings (SSSR count). The van der Waals surface area contributed by atoms with E-state index in [0.29, 0.717) is 0 Å². The third-order valence-corrected chi connectivity index (χ3v) is 5.92. The molecule has 6 nitrogen and oxygen atoms in total. The van der Waals surface area contributed by atoms with E-state index in [1.165, 1.54) is 41.5 Å². The van der Waals surface area contributed by atoms with Gasteiger partial charge in [-0.05, 0) is 36.9 Å². The standard InChI is InChI=1S/C20H23FN2O4S/c1-20(26)9-10-23(19(25)13-6-3-4-7-14(13)21)17(15-8-5-11-28-15)18(20)22-16(24)12-27-2/h3-8,11,17-18,26H,9-10,12H2,1-2H3,(H,22,24)/t17-,18-,20+/m0/s1. The second-order valence-electron chi connectivity index (χ2n) is 7.02. The number of nitrogens with one attached hydrogen (secondary N) is 1. The van der Waals surface area contributed by atoms with Crippen LogP contribution >= 0.6 is 11.3 Å². The van der Waals surface area contributed by atoms with Gasteiger partial charge >= 0.3 is 0 Å². The molecule has 0 spiro atoms. The summed E-state index contributed by atoms with van der Waals surface area (Å²) in [5.74, 6) is -1.47. The van der Waals surface area contributed by atoms with Crippen LogP contribution < -0.4 is 5.32 Å². The van der Waals surface area contributed by atoms with Crippen molar-refractivity contribution in [2.24, 2.45) is 0 Å². The monoisotopic (exact) mass is 406 g/mol. The average molecular weight is 406 g/mol. The Morgan fingerprint density at radius 1 is 1.36 bits per heavy atom. The molecule has 1 aliphatic rings. The van der Waals surface area contributed by atoms with Crippen LogP contribution in [0.15, 0.2) is 41.8 Å². The van der Waals surface area contributed by atoms with E-state index in [1.54, 1.807) is 13.0 Å². The highest BCUT2D eigenvalue weighted by atomic mass is 32.1. The Bertz CT molecular complexity index is 840. The summed E-state index contributed by atoms with van der Waals surface area (Å²) in [4.78, 5) is 27.7. The van der Waals surface area contributed by atoms with Crippen LogP contribution in [0.3, 0.4) is 0 Å². The smallest absolute Gasteiger partial charge is 0.257 e. The summed E-state index contributed by atoms with van der Waals surface area (Å²) in [6.45, 7) is 1.71. The summed E-state index contributed by atoms with van der Waals surface area (Å²) < 4.78 is 19.1. The first-order valence-electron chi connectivity index (χ1n) is 8.94. The molecule has 28 heavy (non-hydrogen) atoms. The number of ether oxygens (including phenoxy) is 1. The van der Waals surface area contributed by atoms with E-state index < -0.39 is 35.3 Å². The van der Waals surface area contributed by atoms with Crippen molar-refractivity contribution in [1.29, 1.82) is 0 Å². The fourth-order valence-electron chi connectivity index (χ4n) is 3.54. The Labute approximate surface area is 166 Å². The van der Waals surface area contributed by atoms with Crippen molar-refractivity contribution in [3.63, 3.8) is 0 Å². The minimum absolute atomic E-state index is 0.0347. The molecule has 1 aromatic carbocycles. The highest BCUT2D eigenvalue weighted by Crippen LogP contribution is 2.39. The van der Waals surface area contributed by atoms with Gasteiger partial charge in [0.05, 0.1) is 23.2 Å². The van der Waals surface area contributed by atoms with E-state index in [1.807, 2.05) is 17.5 Å². The molecule has 1 saturated heterocycles. The Kier molecular flexibility index (Phi) is 6.12. The molecule has 2 amide bonds. The third kappa shape index (κ3) is 4.09. The molecule has 150 valence electrons. The number of aliphatic hydroxyl groups is 1. The van der Waals surface area contributed by atoms with Crippen LogP contribution in [0.4, 0.5) is 4.39 Å². The molecule has 0 radical (unpaired) electrons. The SMILES string of the molecule is COCC(=O)N[C@H]1[C@H](c2cccs2)N(C(=O)c2ccccc2F)CC[C@@]1(C)O. The van der Waals surface area contributed by atoms with Gasteiger partial charge in [-0.3, -0.25) is 9.59 Å². The Morgan fingerprint density at radius 3 is 2.75 bits per heavy atom. The molecular weight excluding hydrogens is 383 g/mol. The number of rotatable bonds is 5. The molecule has 1 fully saturated rings. The average Bonchev–Trinajstić information content (AvgIpc) is 3.17. The highest BCUT2D eigenvalue weighted by Gasteiger charge is 2.48. The van der Waals surface area contributed by atoms with E-state index in [-0.39, 0.29) is 25.1 Å². The number of carbonyl (C=O) groups excluding carboxylic acids is 2. The van der Waals surface area contributed by atoms with Crippen LogP contribution in [0.1, 0.15) is 34.6 Å². The fraction of sp³-hybridized carbons (Fsp3) is 0.400. The minimum Gasteiger partial charge on any atom is -0.388 e. The van der Waals surface area contributed by atoms with Crippen molar-refractivity contribution >= 4 is 23.2 Å². The molecule has 0 saturated carbocycles. The summed E-state index contributed by atoms with van der Waals surface area (Å²) in [6.07, 6.45) is 0.243. The molecule has 1 aliphatic heterocycles. The van der Waals surface area contributed by atoms with Gasteiger partial charge in [0.25, 0.3) is 5.91 Å². The fourth-order valence-corrected chi connectivity index (χ4v) is 4.41. The van der Waals surface area contributed by atoms with Gasteiger partial charge in [-0.25, -0.2) is 4.39 Å². The zero-order valence-electron chi connectivity index (χ0n) is 15.7. The van der Waals surface area contributed by atoms with E-state index in [9.17, 15) is 19.1 Å². The number of hydrogen-bond acceptors (Lipinski definition) is 5. The van der Waals surface area contributed by atoms with Gasteiger partial charge in [-0.15, -0.1) is 11.3 Å². The Hall–Kier alpha value is -2.29. The molecule has 2 N–H and O–H groups in total. The number of methoxy groups -OCH3 is 1. The minimum atomic E-state index is -1.25. The zero-order valence-corrected chi connectivity index (χ0v) is 16.5. The lowest BCUT2D eigenvalue weighted by atomic mass is 9.81. The van der Waals surface area contributed by atoms with Crippen LogP contribution in [0, 0.1) is 5.82 Å². The molecular formula is C20H23FN2O4S. The summed E-state index contributed by atoms with van der Waals surface area (Å²) in [5.41, 5.74) is -1.28. The van der Waals surface area contributed by atoms with Crippen molar-refractivity contribution < 1.29 is 23.8 Å². The van der Waals surface area contributed by atoms with Gasteiger partial charge in [0.1, 0.15) is 12.4 Å². The number of halogens is 1. The normalized spacial score (nSPS) is 24.8. The first kappa shape index (κ1) is 20.4. The quantitative estimate of drug-likeness (QED) is 0.799. The van der Waals surface area contributed by atoms with Crippen molar-refractivity contribution in [3.05, 3.63) is 58.0 Å². The number of amides is 2. The predicted molar refractivity (Wildman–Crippen MR) is 104 cm³/mol. The number of hydrogen-bond donors (Lipinski definition) is 2.